The number of fused-ring (bicyclic) bond motifs is 1. The molecular formula is C21H26N4O3. The molecule has 1 saturated heterocycles. The molecular weight excluding hydrogens is 356 g/mol. The minimum absolute atomic E-state index is 0.0851. The summed E-state index contributed by atoms with van der Waals surface area (Å²) in [5.74, 6) is 2.18. The van der Waals surface area contributed by atoms with Crippen molar-refractivity contribution in [3.8, 4) is 11.5 Å². The van der Waals surface area contributed by atoms with E-state index in [1.807, 2.05) is 23.1 Å². The smallest absolute Gasteiger partial charge is 0.274 e. The quantitative estimate of drug-likeness (QED) is 0.810. The molecule has 0 radical (unpaired) electrons. The lowest BCUT2D eigenvalue weighted by Crippen LogP contribution is -2.36. The van der Waals surface area contributed by atoms with E-state index in [1.165, 1.54) is 24.8 Å². The number of rotatable bonds is 4. The maximum absolute atomic E-state index is 12.9. The molecule has 1 fully saturated rings. The Morgan fingerprint density at radius 2 is 1.64 bits per heavy atom. The van der Waals surface area contributed by atoms with Crippen LogP contribution in [-0.2, 0) is 13.0 Å². The minimum atomic E-state index is -0.0851. The molecule has 0 N–H and O–H groups in total. The molecule has 2 aliphatic rings. The molecule has 0 atom stereocenters. The molecule has 7 nitrogen and oxygen atoms in total. The standard InChI is InChI=1S/C21H26N4O3/c1-27-18-12-15-8-11-25(14-16(15)13-19(18)28-2)21(26)17-6-7-20(23-22-17)24-9-4-3-5-10-24/h6-7,12-13H,3-5,8-11,14H2,1-2H3. The molecule has 148 valence electrons. The van der Waals surface area contributed by atoms with Gasteiger partial charge in [0.2, 0.25) is 0 Å². The Labute approximate surface area is 165 Å². The number of ether oxygens (including phenoxy) is 2. The summed E-state index contributed by atoms with van der Waals surface area (Å²) in [6, 6.07) is 7.67. The molecule has 0 aliphatic carbocycles. The van der Waals surface area contributed by atoms with Crippen molar-refractivity contribution in [2.45, 2.75) is 32.2 Å². The highest BCUT2D eigenvalue weighted by Gasteiger charge is 2.25. The Kier molecular flexibility index (Phi) is 5.32. The average Bonchev–Trinajstić information content (AvgIpc) is 2.78. The SMILES string of the molecule is COc1cc2c(cc1OC)CN(C(=O)c1ccc(N3CCCCC3)nn1)CC2. The van der Waals surface area contributed by atoms with Crippen LogP contribution in [-0.4, -0.2) is 54.9 Å². The molecule has 2 aliphatic heterocycles. The zero-order valence-electron chi connectivity index (χ0n) is 16.5. The lowest BCUT2D eigenvalue weighted by molar-refractivity contribution is 0.0727. The van der Waals surface area contributed by atoms with E-state index in [9.17, 15) is 4.79 Å². The Balaban J connectivity index is 1.48. The van der Waals surface area contributed by atoms with Crippen LogP contribution in [0, 0.1) is 0 Å². The highest BCUT2D eigenvalue weighted by Crippen LogP contribution is 2.33. The van der Waals surface area contributed by atoms with Crippen molar-refractivity contribution in [3.05, 3.63) is 41.1 Å². The lowest BCUT2D eigenvalue weighted by atomic mass is 9.98. The van der Waals surface area contributed by atoms with Crippen LogP contribution >= 0.6 is 0 Å². The number of carbonyl (C=O) groups is 1. The maximum Gasteiger partial charge on any atom is 0.274 e. The van der Waals surface area contributed by atoms with Gasteiger partial charge in [0.05, 0.1) is 14.2 Å². The van der Waals surface area contributed by atoms with Gasteiger partial charge in [-0.2, -0.15) is 0 Å². The molecule has 1 amide bonds. The summed E-state index contributed by atoms with van der Waals surface area (Å²) < 4.78 is 10.8. The maximum atomic E-state index is 12.9. The summed E-state index contributed by atoms with van der Waals surface area (Å²) in [5.41, 5.74) is 2.66. The molecule has 0 bridgehead atoms. The third-order valence-corrected chi connectivity index (χ3v) is 5.55. The third-order valence-electron chi connectivity index (χ3n) is 5.55. The number of hydrogen-bond donors (Lipinski definition) is 0. The molecule has 1 aromatic carbocycles. The normalized spacial score (nSPS) is 16.5. The molecule has 0 saturated carbocycles. The lowest BCUT2D eigenvalue weighted by Gasteiger charge is -2.29. The first-order valence-corrected chi connectivity index (χ1v) is 9.81. The van der Waals surface area contributed by atoms with Gasteiger partial charge in [0.1, 0.15) is 0 Å². The summed E-state index contributed by atoms with van der Waals surface area (Å²) in [4.78, 5) is 17.0. The minimum Gasteiger partial charge on any atom is -0.493 e. The van der Waals surface area contributed by atoms with Gasteiger partial charge in [0, 0.05) is 26.2 Å². The van der Waals surface area contributed by atoms with Gasteiger partial charge in [-0.1, -0.05) is 0 Å². The van der Waals surface area contributed by atoms with Gasteiger partial charge in [-0.25, -0.2) is 0 Å². The predicted octanol–water partition coefficient (Wildman–Crippen LogP) is 2.68. The Morgan fingerprint density at radius 1 is 0.929 bits per heavy atom. The summed E-state index contributed by atoms with van der Waals surface area (Å²) in [7, 11) is 3.25. The van der Waals surface area contributed by atoms with Gasteiger partial charge in [-0.15, -0.1) is 10.2 Å². The van der Waals surface area contributed by atoms with E-state index in [0.29, 0.717) is 24.5 Å². The zero-order valence-corrected chi connectivity index (χ0v) is 16.5. The second-order valence-electron chi connectivity index (χ2n) is 7.28. The molecule has 7 heteroatoms. The Bertz CT molecular complexity index is 847. The fourth-order valence-electron chi connectivity index (χ4n) is 3.95. The highest BCUT2D eigenvalue weighted by molar-refractivity contribution is 5.92. The first-order valence-electron chi connectivity index (χ1n) is 9.81. The number of methoxy groups -OCH3 is 2. The van der Waals surface area contributed by atoms with E-state index in [4.69, 9.17) is 9.47 Å². The molecule has 2 aromatic rings. The van der Waals surface area contributed by atoms with Gasteiger partial charge < -0.3 is 19.3 Å². The van der Waals surface area contributed by atoms with Crippen LogP contribution in [0.4, 0.5) is 5.82 Å². The van der Waals surface area contributed by atoms with Crippen LogP contribution in [0.2, 0.25) is 0 Å². The second-order valence-corrected chi connectivity index (χ2v) is 7.28. The van der Waals surface area contributed by atoms with Crippen molar-refractivity contribution in [2.24, 2.45) is 0 Å². The van der Waals surface area contributed by atoms with E-state index >= 15 is 0 Å². The molecule has 1 aromatic heterocycles. The van der Waals surface area contributed by atoms with E-state index in [0.717, 1.165) is 36.6 Å². The molecule has 0 spiro atoms. The number of carbonyl (C=O) groups excluding carboxylic acids is 1. The Morgan fingerprint density at radius 3 is 2.29 bits per heavy atom. The summed E-state index contributed by atoms with van der Waals surface area (Å²) >= 11 is 0. The first-order chi connectivity index (χ1) is 13.7. The number of amides is 1. The van der Waals surface area contributed by atoms with Crippen LogP contribution < -0.4 is 14.4 Å². The van der Waals surface area contributed by atoms with Crippen LogP contribution in [0.5, 0.6) is 11.5 Å². The molecule has 4 rings (SSSR count). The highest BCUT2D eigenvalue weighted by atomic mass is 16.5. The van der Waals surface area contributed by atoms with Crippen molar-refractivity contribution >= 4 is 11.7 Å². The molecule has 28 heavy (non-hydrogen) atoms. The Hall–Kier alpha value is -2.83. The van der Waals surface area contributed by atoms with Crippen LogP contribution in [0.15, 0.2) is 24.3 Å². The van der Waals surface area contributed by atoms with E-state index < -0.39 is 0 Å². The second kappa shape index (κ2) is 8.04. The van der Waals surface area contributed by atoms with Crippen molar-refractivity contribution < 1.29 is 14.3 Å². The van der Waals surface area contributed by atoms with Crippen LogP contribution in [0.3, 0.4) is 0 Å². The number of hydrogen-bond acceptors (Lipinski definition) is 6. The fourth-order valence-corrected chi connectivity index (χ4v) is 3.95. The molecule has 0 unspecified atom stereocenters. The van der Waals surface area contributed by atoms with Gasteiger partial charge in [0.25, 0.3) is 5.91 Å². The summed E-state index contributed by atoms with van der Waals surface area (Å²) in [6.45, 7) is 3.20. The van der Waals surface area contributed by atoms with Gasteiger partial charge in [-0.3, -0.25) is 4.79 Å². The fraction of sp³-hybridized carbons (Fsp3) is 0.476. The monoisotopic (exact) mass is 382 g/mol. The van der Waals surface area contributed by atoms with E-state index in [2.05, 4.69) is 15.1 Å². The van der Waals surface area contributed by atoms with Crippen molar-refractivity contribution in [1.82, 2.24) is 15.1 Å². The van der Waals surface area contributed by atoms with Crippen LogP contribution in [0.25, 0.3) is 0 Å². The summed E-state index contributed by atoms with van der Waals surface area (Å²) in [6.07, 6.45) is 4.42. The van der Waals surface area contributed by atoms with Gasteiger partial charge in [-0.05, 0) is 61.1 Å². The third kappa shape index (κ3) is 3.61. The van der Waals surface area contributed by atoms with Crippen molar-refractivity contribution in [3.63, 3.8) is 0 Å². The van der Waals surface area contributed by atoms with Crippen molar-refractivity contribution in [1.29, 1.82) is 0 Å². The number of benzene rings is 1. The van der Waals surface area contributed by atoms with Gasteiger partial charge in [0.15, 0.2) is 23.0 Å². The number of anilines is 1. The van der Waals surface area contributed by atoms with E-state index in [1.54, 1.807) is 20.3 Å². The van der Waals surface area contributed by atoms with Crippen molar-refractivity contribution in [2.75, 3.05) is 38.8 Å². The van der Waals surface area contributed by atoms with E-state index in [-0.39, 0.29) is 5.91 Å². The van der Waals surface area contributed by atoms with Gasteiger partial charge >= 0.3 is 0 Å². The number of aromatic nitrogens is 2. The average molecular weight is 382 g/mol. The zero-order chi connectivity index (χ0) is 19.5. The molecule has 3 heterocycles. The van der Waals surface area contributed by atoms with Crippen LogP contribution in [0.1, 0.15) is 40.9 Å². The first kappa shape index (κ1) is 18.5. The summed E-state index contributed by atoms with van der Waals surface area (Å²) in [5, 5.41) is 8.52. The largest absolute Gasteiger partial charge is 0.493 e. The number of piperidine rings is 1. The topological polar surface area (TPSA) is 67.8 Å². The number of nitrogens with zero attached hydrogens (tertiary/aromatic N) is 4. The predicted molar refractivity (Wildman–Crippen MR) is 106 cm³/mol.